The smallest absolute Gasteiger partial charge is 0.0952 e. The van der Waals surface area contributed by atoms with E-state index in [0.717, 1.165) is 19.6 Å². The molecule has 3 heteroatoms. The van der Waals surface area contributed by atoms with Crippen molar-refractivity contribution >= 4 is 12.4 Å². The summed E-state index contributed by atoms with van der Waals surface area (Å²) in [5, 5.41) is 3.21. The summed E-state index contributed by atoms with van der Waals surface area (Å²) in [6.45, 7) is 1.68. The van der Waals surface area contributed by atoms with Gasteiger partial charge in [-0.1, -0.05) is 48.5 Å². The number of hydrogen-bond donors (Lipinski definition) is 1. The highest BCUT2D eigenvalue weighted by Gasteiger charge is 2.22. The van der Waals surface area contributed by atoms with Gasteiger partial charge in [0.05, 0.1) is 12.7 Å². The molecule has 106 valence electrons. The predicted octanol–water partition coefficient (Wildman–Crippen LogP) is 3.61. The molecule has 0 unspecified atom stereocenters. The van der Waals surface area contributed by atoms with Gasteiger partial charge in [0.1, 0.15) is 0 Å². The highest BCUT2D eigenvalue weighted by Crippen LogP contribution is 2.34. The van der Waals surface area contributed by atoms with Crippen LogP contribution in [-0.4, -0.2) is 20.2 Å². The van der Waals surface area contributed by atoms with E-state index in [9.17, 15) is 0 Å². The molecule has 0 amide bonds. The van der Waals surface area contributed by atoms with Crippen molar-refractivity contribution in [1.82, 2.24) is 5.32 Å². The first-order valence-corrected chi connectivity index (χ1v) is 6.83. The molecule has 0 aromatic heterocycles. The van der Waals surface area contributed by atoms with Crippen LogP contribution in [0.25, 0.3) is 11.1 Å². The summed E-state index contributed by atoms with van der Waals surface area (Å²) in [5.74, 6) is 0. The van der Waals surface area contributed by atoms with Crippen LogP contribution in [0.5, 0.6) is 0 Å². The Bertz CT molecular complexity index is 556. The number of benzene rings is 2. The molecule has 0 bridgehead atoms. The van der Waals surface area contributed by atoms with Gasteiger partial charge in [0.2, 0.25) is 0 Å². The molecule has 3 rings (SSSR count). The number of nitrogens with one attached hydrogen (secondary N) is 1. The molecule has 2 aromatic rings. The van der Waals surface area contributed by atoms with Crippen LogP contribution < -0.4 is 5.32 Å². The van der Waals surface area contributed by atoms with E-state index in [1.807, 2.05) is 7.05 Å². The molecular weight excluding hydrogens is 270 g/mol. The van der Waals surface area contributed by atoms with Gasteiger partial charge >= 0.3 is 0 Å². The summed E-state index contributed by atoms with van der Waals surface area (Å²) in [6, 6.07) is 17.2. The third-order valence-corrected chi connectivity index (χ3v) is 3.70. The van der Waals surface area contributed by atoms with Crippen LogP contribution in [0.15, 0.2) is 48.5 Å². The molecule has 0 radical (unpaired) electrons. The number of likely N-dealkylation sites (N-methyl/N-ethyl adjacent to an activating group) is 1. The van der Waals surface area contributed by atoms with Gasteiger partial charge in [-0.05, 0) is 35.7 Å². The predicted molar refractivity (Wildman–Crippen MR) is 85.4 cm³/mol. The van der Waals surface area contributed by atoms with Crippen molar-refractivity contribution in [1.29, 1.82) is 0 Å². The first kappa shape index (κ1) is 15.0. The zero-order valence-electron chi connectivity index (χ0n) is 11.6. The maximum Gasteiger partial charge on any atom is 0.0952 e. The van der Waals surface area contributed by atoms with Gasteiger partial charge in [0, 0.05) is 6.54 Å². The SMILES string of the molecule is CNC[C@H]1OCCc2c(-c3ccccc3)cccc21.Cl. The van der Waals surface area contributed by atoms with Crippen LogP contribution in [-0.2, 0) is 11.2 Å². The lowest BCUT2D eigenvalue weighted by Crippen LogP contribution is -2.25. The molecule has 20 heavy (non-hydrogen) atoms. The number of ether oxygens (including phenoxy) is 1. The Labute approximate surface area is 126 Å². The normalized spacial score (nSPS) is 17.1. The summed E-state index contributed by atoms with van der Waals surface area (Å²) in [5.41, 5.74) is 5.43. The Morgan fingerprint density at radius 3 is 2.65 bits per heavy atom. The Morgan fingerprint density at radius 1 is 1.10 bits per heavy atom. The van der Waals surface area contributed by atoms with Crippen LogP contribution in [0.1, 0.15) is 17.2 Å². The van der Waals surface area contributed by atoms with Crippen molar-refractivity contribution in [3.63, 3.8) is 0 Å². The molecule has 1 aliphatic heterocycles. The molecule has 1 atom stereocenters. The van der Waals surface area contributed by atoms with Crippen LogP contribution in [0, 0.1) is 0 Å². The minimum atomic E-state index is 0. The Hall–Kier alpha value is -1.35. The maximum atomic E-state index is 5.87. The van der Waals surface area contributed by atoms with Crippen molar-refractivity contribution in [2.24, 2.45) is 0 Å². The second-order valence-electron chi connectivity index (χ2n) is 4.91. The van der Waals surface area contributed by atoms with Gasteiger partial charge in [0.25, 0.3) is 0 Å². The number of hydrogen-bond acceptors (Lipinski definition) is 2. The van der Waals surface area contributed by atoms with Crippen molar-refractivity contribution in [2.45, 2.75) is 12.5 Å². The number of rotatable bonds is 3. The lowest BCUT2D eigenvalue weighted by Gasteiger charge is -2.28. The summed E-state index contributed by atoms with van der Waals surface area (Å²) < 4.78 is 5.87. The van der Waals surface area contributed by atoms with E-state index in [0.29, 0.717) is 0 Å². The summed E-state index contributed by atoms with van der Waals surface area (Å²) in [7, 11) is 1.97. The fourth-order valence-corrected chi connectivity index (χ4v) is 2.82. The van der Waals surface area contributed by atoms with Gasteiger partial charge in [-0.25, -0.2) is 0 Å². The van der Waals surface area contributed by atoms with Gasteiger partial charge < -0.3 is 10.1 Å². The van der Waals surface area contributed by atoms with Gasteiger partial charge in [-0.2, -0.15) is 0 Å². The Balaban J connectivity index is 0.00000147. The molecule has 0 fully saturated rings. The average Bonchev–Trinajstić information content (AvgIpc) is 2.48. The molecule has 2 aromatic carbocycles. The van der Waals surface area contributed by atoms with Gasteiger partial charge in [-0.3, -0.25) is 0 Å². The molecular formula is C17H20ClNO. The second-order valence-corrected chi connectivity index (χ2v) is 4.91. The minimum Gasteiger partial charge on any atom is -0.372 e. The number of halogens is 1. The van der Waals surface area contributed by atoms with Crippen LogP contribution in [0.4, 0.5) is 0 Å². The lowest BCUT2D eigenvalue weighted by molar-refractivity contribution is 0.0440. The molecule has 0 saturated carbocycles. The van der Waals surface area contributed by atoms with Crippen molar-refractivity contribution in [2.75, 3.05) is 20.2 Å². The summed E-state index contributed by atoms with van der Waals surface area (Å²) in [6.07, 6.45) is 1.18. The van der Waals surface area contributed by atoms with Crippen LogP contribution in [0.3, 0.4) is 0 Å². The van der Waals surface area contributed by atoms with Crippen molar-refractivity contribution in [3.05, 3.63) is 59.7 Å². The molecule has 1 aliphatic rings. The fourth-order valence-electron chi connectivity index (χ4n) is 2.82. The zero-order chi connectivity index (χ0) is 13.1. The molecule has 2 nitrogen and oxygen atoms in total. The van der Waals surface area contributed by atoms with E-state index in [-0.39, 0.29) is 18.5 Å². The lowest BCUT2D eigenvalue weighted by atomic mass is 9.89. The standard InChI is InChI=1S/C17H19NO.ClH/c1-18-12-17-16-9-5-8-14(15(16)10-11-19-17)13-6-3-2-4-7-13;/h2-9,17-18H,10-12H2,1H3;1H/t17-;/m1./s1. The topological polar surface area (TPSA) is 21.3 Å². The third kappa shape index (κ3) is 2.88. The summed E-state index contributed by atoms with van der Waals surface area (Å²) >= 11 is 0. The highest BCUT2D eigenvalue weighted by atomic mass is 35.5. The van der Waals surface area contributed by atoms with E-state index < -0.39 is 0 Å². The Morgan fingerprint density at radius 2 is 1.90 bits per heavy atom. The maximum absolute atomic E-state index is 5.87. The minimum absolute atomic E-state index is 0. The third-order valence-electron chi connectivity index (χ3n) is 3.70. The largest absolute Gasteiger partial charge is 0.372 e. The van der Waals surface area contributed by atoms with Gasteiger partial charge in [-0.15, -0.1) is 12.4 Å². The fraction of sp³-hybridized carbons (Fsp3) is 0.294. The summed E-state index contributed by atoms with van der Waals surface area (Å²) in [4.78, 5) is 0. The van der Waals surface area contributed by atoms with Gasteiger partial charge in [0.15, 0.2) is 0 Å². The van der Waals surface area contributed by atoms with Crippen LogP contribution >= 0.6 is 12.4 Å². The zero-order valence-corrected chi connectivity index (χ0v) is 12.5. The van der Waals surface area contributed by atoms with E-state index in [4.69, 9.17) is 4.74 Å². The number of fused-ring (bicyclic) bond motifs is 1. The van der Waals surface area contributed by atoms with E-state index in [1.165, 1.54) is 22.3 Å². The van der Waals surface area contributed by atoms with E-state index >= 15 is 0 Å². The average molecular weight is 290 g/mol. The monoisotopic (exact) mass is 289 g/mol. The first-order valence-electron chi connectivity index (χ1n) is 6.83. The van der Waals surface area contributed by atoms with E-state index in [1.54, 1.807) is 0 Å². The quantitative estimate of drug-likeness (QED) is 0.932. The Kier molecular flexibility index (Phi) is 5.18. The van der Waals surface area contributed by atoms with E-state index in [2.05, 4.69) is 53.8 Å². The van der Waals surface area contributed by atoms with Crippen molar-refractivity contribution in [3.8, 4) is 11.1 Å². The molecule has 0 aliphatic carbocycles. The first-order chi connectivity index (χ1) is 9.40. The second kappa shape index (κ2) is 6.89. The molecule has 0 saturated heterocycles. The van der Waals surface area contributed by atoms with Crippen molar-refractivity contribution < 1.29 is 4.74 Å². The highest BCUT2D eigenvalue weighted by molar-refractivity contribution is 5.85. The molecule has 0 spiro atoms. The van der Waals surface area contributed by atoms with Crippen LogP contribution in [0.2, 0.25) is 0 Å². The molecule has 1 heterocycles. The molecule has 1 N–H and O–H groups in total.